The van der Waals surface area contributed by atoms with E-state index in [0.717, 1.165) is 16.3 Å². The van der Waals surface area contributed by atoms with Crippen LogP contribution in [0.3, 0.4) is 0 Å². The molecule has 0 radical (unpaired) electrons. The molecule has 1 unspecified atom stereocenters. The molecule has 17 heavy (non-hydrogen) atoms. The van der Waals surface area contributed by atoms with Gasteiger partial charge in [0.25, 0.3) is 0 Å². The van der Waals surface area contributed by atoms with Gasteiger partial charge in [0.15, 0.2) is 0 Å². The number of rotatable bonds is 4. The molecular weight excluding hydrogens is 234 g/mol. The monoisotopic (exact) mass is 249 g/mol. The second kappa shape index (κ2) is 5.31. The van der Waals surface area contributed by atoms with Crippen LogP contribution in [0.25, 0.3) is 0 Å². The fourth-order valence-corrected chi connectivity index (χ4v) is 2.30. The lowest BCUT2D eigenvalue weighted by atomic mass is 10.2. The summed E-state index contributed by atoms with van der Waals surface area (Å²) >= 11 is 1.63. The average Bonchev–Trinajstić information content (AvgIpc) is 2.73. The molecule has 90 valence electrons. The van der Waals surface area contributed by atoms with Crippen molar-refractivity contribution in [3.05, 3.63) is 39.9 Å². The highest BCUT2D eigenvalue weighted by Gasteiger charge is 2.15. The van der Waals surface area contributed by atoms with Crippen molar-refractivity contribution in [1.82, 2.24) is 20.4 Å². The molecule has 0 saturated carbocycles. The van der Waals surface area contributed by atoms with Crippen LogP contribution in [-0.4, -0.2) is 15.0 Å². The van der Waals surface area contributed by atoms with Crippen molar-refractivity contribution in [1.29, 1.82) is 0 Å². The zero-order valence-corrected chi connectivity index (χ0v) is 10.7. The minimum Gasteiger partial charge on any atom is -0.271 e. The molecule has 0 aliphatic carbocycles. The molecule has 0 aliphatic heterocycles. The van der Waals surface area contributed by atoms with Crippen LogP contribution in [0.4, 0.5) is 0 Å². The number of hydrogen-bond acceptors (Lipinski definition) is 6. The maximum atomic E-state index is 5.54. The summed E-state index contributed by atoms with van der Waals surface area (Å²) in [5, 5.41) is 3.06. The normalized spacial score (nSPS) is 12.6. The second-order valence-corrected chi connectivity index (χ2v) is 4.87. The maximum absolute atomic E-state index is 5.54. The first-order valence-electron chi connectivity index (χ1n) is 5.34. The number of hydrazine groups is 1. The number of hydrogen-bond donors (Lipinski definition) is 2. The van der Waals surface area contributed by atoms with Crippen LogP contribution >= 0.6 is 11.3 Å². The van der Waals surface area contributed by atoms with E-state index in [2.05, 4.69) is 20.4 Å². The summed E-state index contributed by atoms with van der Waals surface area (Å²) in [4.78, 5) is 13.0. The summed E-state index contributed by atoms with van der Waals surface area (Å²) in [6.45, 7) is 3.94. The lowest BCUT2D eigenvalue weighted by molar-refractivity contribution is 0.521. The highest BCUT2D eigenvalue weighted by atomic mass is 32.1. The van der Waals surface area contributed by atoms with Crippen LogP contribution in [0.1, 0.15) is 28.1 Å². The number of nitrogens with zero attached hydrogens (tertiary/aromatic N) is 3. The Kier molecular flexibility index (Phi) is 3.78. The number of thiazole rings is 1. The van der Waals surface area contributed by atoms with Gasteiger partial charge in [0.1, 0.15) is 5.82 Å². The fourth-order valence-electron chi connectivity index (χ4n) is 1.48. The van der Waals surface area contributed by atoms with Gasteiger partial charge in [-0.2, -0.15) is 0 Å². The molecule has 2 aromatic rings. The predicted octanol–water partition coefficient (Wildman–Crippen LogP) is 1.30. The highest BCUT2D eigenvalue weighted by Crippen LogP contribution is 2.17. The number of nitrogens with one attached hydrogen (secondary N) is 1. The third-order valence-electron chi connectivity index (χ3n) is 2.36. The first kappa shape index (κ1) is 12.1. The molecule has 0 spiro atoms. The SMILES string of the molecule is Cc1cnc(C(Cc2nc(C)cs2)NN)nc1. The zero-order valence-electron chi connectivity index (χ0n) is 9.84. The van der Waals surface area contributed by atoms with Crippen LogP contribution in [-0.2, 0) is 6.42 Å². The quantitative estimate of drug-likeness (QED) is 0.631. The molecule has 0 fully saturated rings. The van der Waals surface area contributed by atoms with E-state index in [9.17, 15) is 0 Å². The van der Waals surface area contributed by atoms with Crippen molar-refractivity contribution in [2.24, 2.45) is 5.84 Å². The number of aryl methyl sites for hydroxylation is 2. The number of aromatic nitrogens is 3. The minimum atomic E-state index is -0.0962. The first-order chi connectivity index (χ1) is 8.19. The van der Waals surface area contributed by atoms with Gasteiger partial charge >= 0.3 is 0 Å². The topological polar surface area (TPSA) is 76.7 Å². The van der Waals surface area contributed by atoms with E-state index < -0.39 is 0 Å². The molecule has 0 saturated heterocycles. The van der Waals surface area contributed by atoms with Crippen LogP contribution in [0.5, 0.6) is 0 Å². The molecule has 0 aromatic carbocycles. The number of nitrogens with two attached hydrogens (primary N) is 1. The van der Waals surface area contributed by atoms with E-state index >= 15 is 0 Å². The molecule has 2 rings (SSSR count). The van der Waals surface area contributed by atoms with Crippen molar-refractivity contribution in [2.45, 2.75) is 26.3 Å². The summed E-state index contributed by atoms with van der Waals surface area (Å²) in [6.07, 6.45) is 4.29. The molecule has 5 nitrogen and oxygen atoms in total. The third-order valence-corrected chi connectivity index (χ3v) is 3.35. The minimum absolute atomic E-state index is 0.0962. The van der Waals surface area contributed by atoms with Gasteiger partial charge in [0.2, 0.25) is 0 Å². The van der Waals surface area contributed by atoms with Gasteiger partial charge in [-0.25, -0.2) is 20.4 Å². The summed E-state index contributed by atoms with van der Waals surface area (Å²) in [5.41, 5.74) is 4.81. The zero-order chi connectivity index (χ0) is 12.3. The molecule has 1 atom stereocenters. The Labute approximate surface area is 104 Å². The highest BCUT2D eigenvalue weighted by molar-refractivity contribution is 7.09. The van der Waals surface area contributed by atoms with Crippen molar-refractivity contribution in [3.63, 3.8) is 0 Å². The Morgan fingerprint density at radius 2 is 2.06 bits per heavy atom. The molecule has 0 amide bonds. The van der Waals surface area contributed by atoms with Crippen LogP contribution in [0.2, 0.25) is 0 Å². The summed E-state index contributed by atoms with van der Waals surface area (Å²) < 4.78 is 0. The lowest BCUT2D eigenvalue weighted by Gasteiger charge is -2.12. The largest absolute Gasteiger partial charge is 0.271 e. The van der Waals surface area contributed by atoms with E-state index in [1.165, 1.54) is 0 Å². The third kappa shape index (κ3) is 3.06. The molecular formula is C11H15N5S. The first-order valence-corrected chi connectivity index (χ1v) is 6.22. The van der Waals surface area contributed by atoms with E-state index in [0.29, 0.717) is 12.2 Å². The fraction of sp³-hybridized carbons (Fsp3) is 0.364. The molecule has 2 heterocycles. The second-order valence-electron chi connectivity index (χ2n) is 3.92. The molecule has 6 heteroatoms. The Bertz CT molecular complexity index is 479. The van der Waals surface area contributed by atoms with Gasteiger partial charge in [-0.05, 0) is 19.4 Å². The van der Waals surface area contributed by atoms with Gasteiger partial charge in [0, 0.05) is 29.9 Å². The molecule has 0 bridgehead atoms. The van der Waals surface area contributed by atoms with Gasteiger partial charge in [-0.15, -0.1) is 11.3 Å². The Morgan fingerprint density at radius 1 is 1.35 bits per heavy atom. The van der Waals surface area contributed by atoms with Crippen LogP contribution in [0, 0.1) is 13.8 Å². The van der Waals surface area contributed by atoms with Crippen molar-refractivity contribution >= 4 is 11.3 Å². The molecule has 0 aliphatic rings. The van der Waals surface area contributed by atoms with Gasteiger partial charge in [0.05, 0.1) is 11.0 Å². The van der Waals surface area contributed by atoms with E-state index in [-0.39, 0.29) is 6.04 Å². The van der Waals surface area contributed by atoms with E-state index in [1.807, 2.05) is 19.2 Å². The van der Waals surface area contributed by atoms with Crippen molar-refractivity contribution in [3.8, 4) is 0 Å². The van der Waals surface area contributed by atoms with Gasteiger partial charge in [-0.1, -0.05) is 0 Å². The maximum Gasteiger partial charge on any atom is 0.146 e. The molecule has 3 N–H and O–H groups in total. The smallest absolute Gasteiger partial charge is 0.146 e. The average molecular weight is 249 g/mol. The predicted molar refractivity (Wildman–Crippen MR) is 67.4 cm³/mol. The summed E-state index contributed by atoms with van der Waals surface area (Å²) in [7, 11) is 0. The van der Waals surface area contributed by atoms with E-state index in [4.69, 9.17) is 5.84 Å². The Morgan fingerprint density at radius 3 is 2.59 bits per heavy atom. The van der Waals surface area contributed by atoms with Gasteiger partial charge < -0.3 is 0 Å². The van der Waals surface area contributed by atoms with Gasteiger partial charge in [-0.3, -0.25) is 5.84 Å². The van der Waals surface area contributed by atoms with Crippen molar-refractivity contribution in [2.75, 3.05) is 0 Å². The lowest BCUT2D eigenvalue weighted by Crippen LogP contribution is -2.31. The summed E-state index contributed by atoms with van der Waals surface area (Å²) in [5.74, 6) is 6.24. The summed E-state index contributed by atoms with van der Waals surface area (Å²) in [6, 6.07) is -0.0962. The van der Waals surface area contributed by atoms with Crippen LogP contribution in [0.15, 0.2) is 17.8 Å². The van der Waals surface area contributed by atoms with Crippen molar-refractivity contribution < 1.29 is 0 Å². The Hall–Kier alpha value is -1.37. The van der Waals surface area contributed by atoms with Crippen LogP contribution < -0.4 is 11.3 Å². The standard InChI is InChI=1S/C11H15N5S/c1-7-4-13-11(14-5-7)9(16-12)3-10-15-8(2)6-17-10/h4-6,9,16H,3,12H2,1-2H3. The molecule has 2 aromatic heterocycles. The van der Waals surface area contributed by atoms with E-state index in [1.54, 1.807) is 23.7 Å². The Balaban J connectivity index is 2.13.